The minimum atomic E-state index is 0.880. The van der Waals surface area contributed by atoms with Crippen LogP contribution in [-0.4, -0.2) is 0 Å². The van der Waals surface area contributed by atoms with Crippen molar-refractivity contribution in [2.24, 2.45) is 0 Å². The first-order valence-corrected chi connectivity index (χ1v) is 15.0. The van der Waals surface area contributed by atoms with Gasteiger partial charge in [-0.15, -0.1) is 0 Å². The molecule has 0 N–H and O–H groups in total. The van der Waals surface area contributed by atoms with Crippen LogP contribution in [0.15, 0.2) is 174 Å². The van der Waals surface area contributed by atoms with Gasteiger partial charge >= 0.3 is 0 Å². The molecule has 7 rings (SSSR count). The Morgan fingerprint density at radius 3 is 1.45 bits per heavy atom. The number of anilines is 5. The summed E-state index contributed by atoms with van der Waals surface area (Å²) in [5.74, 6) is 0. The molecule has 6 aromatic rings. The lowest BCUT2D eigenvalue weighted by Gasteiger charge is -2.33. The van der Waals surface area contributed by atoms with Crippen LogP contribution in [0.4, 0.5) is 28.4 Å². The van der Waals surface area contributed by atoms with Crippen molar-refractivity contribution in [1.29, 1.82) is 0 Å². The summed E-state index contributed by atoms with van der Waals surface area (Å²) in [5.41, 5.74) is 6.85. The van der Waals surface area contributed by atoms with Crippen molar-refractivity contribution in [3.63, 3.8) is 0 Å². The van der Waals surface area contributed by atoms with Gasteiger partial charge in [-0.25, -0.2) is 0 Å². The first-order chi connectivity index (χ1) is 20.8. The number of rotatable bonds is 6. The Hall–Kier alpha value is -4.86. The molecule has 0 fully saturated rings. The normalized spacial score (nSPS) is 12.7. The third-order valence-corrected chi connectivity index (χ3v) is 8.20. The lowest BCUT2D eigenvalue weighted by molar-refractivity contribution is 1.20. The van der Waals surface area contributed by atoms with Crippen LogP contribution in [0.1, 0.15) is 6.42 Å². The summed E-state index contributed by atoms with van der Waals surface area (Å²) in [6.45, 7) is 0. The first-order valence-electron chi connectivity index (χ1n) is 14.2. The zero-order valence-electron chi connectivity index (χ0n) is 23.1. The van der Waals surface area contributed by atoms with Crippen molar-refractivity contribution < 1.29 is 0 Å². The minimum absolute atomic E-state index is 0.880. The maximum atomic E-state index is 3.64. The molecule has 6 aromatic carbocycles. The molecule has 0 saturated heterocycles. The summed E-state index contributed by atoms with van der Waals surface area (Å²) in [6, 6.07) is 47.6. The van der Waals surface area contributed by atoms with E-state index in [2.05, 4.69) is 190 Å². The lowest BCUT2D eigenvalue weighted by Crippen LogP contribution is -2.17. The van der Waals surface area contributed by atoms with Gasteiger partial charge in [-0.1, -0.05) is 125 Å². The summed E-state index contributed by atoms with van der Waals surface area (Å²) in [4.78, 5) is 4.81. The molecule has 42 heavy (non-hydrogen) atoms. The van der Waals surface area contributed by atoms with E-state index >= 15 is 0 Å². The van der Waals surface area contributed by atoms with E-state index < -0.39 is 0 Å². The van der Waals surface area contributed by atoms with Gasteiger partial charge in [-0.2, -0.15) is 0 Å². The average Bonchev–Trinajstić information content (AvgIpc) is 3.34. The van der Waals surface area contributed by atoms with E-state index in [1.807, 2.05) is 0 Å². The molecule has 0 saturated carbocycles. The van der Waals surface area contributed by atoms with Crippen LogP contribution >= 0.6 is 15.9 Å². The molecule has 0 bridgehead atoms. The van der Waals surface area contributed by atoms with Crippen LogP contribution in [0.5, 0.6) is 0 Å². The number of allylic oxidation sites excluding steroid dienone is 5. The highest BCUT2D eigenvalue weighted by molar-refractivity contribution is 9.10. The first kappa shape index (κ1) is 26.1. The van der Waals surface area contributed by atoms with E-state index in [4.69, 9.17) is 0 Å². The van der Waals surface area contributed by atoms with Crippen molar-refractivity contribution >= 4 is 65.9 Å². The maximum Gasteiger partial charge on any atom is 0.0619 e. The highest BCUT2D eigenvalue weighted by atomic mass is 79.9. The number of hydrogen-bond donors (Lipinski definition) is 0. The number of nitrogens with zero attached hydrogens (tertiary/aromatic N) is 2. The van der Waals surface area contributed by atoms with E-state index in [0.717, 1.165) is 33.7 Å². The second-order valence-corrected chi connectivity index (χ2v) is 11.2. The summed E-state index contributed by atoms with van der Waals surface area (Å²) in [7, 11) is 0. The Kier molecular flexibility index (Phi) is 7.17. The Morgan fingerprint density at radius 1 is 0.452 bits per heavy atom. The van der Waals surface area contributed by atoms with E-state index in [1.165, 1.54) is 32.9 Å². The van der Waals surface area contributed by atoms with Gasteiger partial charge in [0.1, 0.15) is 0 Å². The fourth-order valence-electron chi connectivity index (χ4n) is 5.86. The molecule has 202 valence electrons. The van der Waals surface area contributed by atoms with Crippen molar-refractivity contribution in [3.05, 3.63) is 174 Å². The third-order valence-electron chi connectivity index (χ3n) is 7.67. The third kappa shape index (κ3) is 4.82. The van der Waals surface area contributed by atoms with Crippen LogP contribution in [0.25, 0.3) is 21.5 Å². The molecule has 0 amide bonds. The molecule has 0 heterocycles. The van der Waals surface area contributed by atoms with Crippen LogP contribution in [-0.2, 0) is 0 Å². The number of hydrogen-bond acceptors (Lipinski definition) is 2. The Morgan fingerprint density at radius 2 is 0.905 bits per heavy atom. The van der Waals surface area contributed by atoms with Crippen molar-refractivity contribution in [1.82, 2.24) is 0 Å². The van der Waals surface area contributed by atoms with Crippen molar-refractivity contribution in [3.8, 4) is 0 Å². The Balaban J connectivity index is 1.60. The summed E-state index contributed by atoms with van der Waals surface area (Å²) < 4.78 is 1.06. The quantitative estimate of drug-likeness (QED) is 0.138. The van der Waals surface area contributed by atoms with Gasteiger partial charge in [0.05, 0.1) is 11.4 Å². The lowest BCUT2D eigenvalue weighted by atomic mass is 9.95. The second kappa shape index (κ2) is 11.6. The molecule has 1 aliphatic carbocycles. The molecular weight excluding hydrogens is 576 g/mol. The standard InChI is InChI=1S/C39H29BrN2/c40-29-25-27-33(28-26-29)42(32-19-9-4-10-20-32)39-36-23-13-11-21-34(36)38(35-22-12-14-24-37(35)39)41(31-17-7-3-8-18-31)30-15-5-1-2-6-16-30/h1-5,7-28H,6H2. The fraction of sp³-hybridized carbons (Fsp3) is 0.0256. The SMILES string of the molecule is Brc1ccc(N(c2ccccc2)c2c3ccccc3c(N(C3=CCC=CC=C3)c3ccccc3)c3ccccc23)cc1. The molecule has 0 radical (unpaired) electrons. The van der Waals surface area contributed by atoms with Gasteiger partial charge in [0.2, 0.25) is 0 Å². The highest BCUT2D eigenvalue weighted by Crippen LogP contribution is 2.50. The monoisotopic (exact) mass is 604 g/mol. The molecule has 0 aromatic heterocycles. The minimum Gasteiger partial charge on any atom is -0.310 e. The Bertz CT molecular complexity index is 1900. The molecule has 3 heteroatoms. The van der Waals surface area contributed by atoms with Gasteiger partial charge in [0.25, 0.3) is 0 Å². The zero-order valence-corrected chi connectivity index (χ0v) is 24.7. The van der Waals surface area contributed by atoms with Gasteiger partial charge in [-0.05, 0) is 61.0 Å². The molecule has 0 spiro atoms. The predicted molar refractivity (Wildman–Crippen MR) is 183 cm³/mol. The number of para-hydroxylation sites is 2. The van der Waals surface area contributed by atoms with Crippen LogP contribution in [0.2, 0.25) is 0 Å². The summed E-state index contributed by atoms with van der Waals surface area (Å²) in [5, 5.41) is 4.77. The number of benzene rings is 6. The van der Waals surface area contributed by atoms with E-state index in [9.17, 15) is 0 Å². The van der Waals surface area contributed by atoms with E-state index in [0.29, 0.717) is 0 Å². The van der Waals surface area contributed by atoms with Crippen LogP contribution in [0.3, 0.4) is 0 Å². The van der Waals surface area contributed by atoms with Gasteiger partial charge in [0, 0.05) is 48.8 Å². The Labute approximate surface area is 255 Å². The summed E-state index contributed by atoms with van der Waals surface area (Å²) in [6.07, 6.45) is 11.9. The number of fused-ring (bicyclic) bond motifs is 2. The number of halogens is 1. The average molecular weight is 606 g/mol. The topological polar surface area (TPSA) is 6.48 Å². The molecule has 0 aliphatic heterocycles. The van der Waals surface area contributed by atoms with E-state index in [-0.39, 0.29) is 0 Å². The zero-order chi connectivity index (χ0) is 28.3. The van der Waals surface area contributed by atoms with Gasteiger partial charge in [0.15, 0.2) is 0 Å². The van der Waals surface area contributed by atoms with Crippen molar-refractivity contribution in [2.45, 2.75) is 6.42 Å². The molecule has 1 aliphatic rings. The maximum absolute atomic E-state index is 3.64. The largest absolute Gasteiger partial charge is 0.310 e. The summed E-state index contributed by atoms with van der Waals surface area (Å²) >= 11 is 3.64. The van der Waals surface area contributed by atoms with Crippen LogP contribution in [0, 0.1) is 0 Å². The fourth-order valence-corrected chi connectivity index (χ4v) is 6.12. The molecule has 0 atom stereocenters. The van der Waals surface area contributed by atoms with Crippen LogP contribution < -0.4 is 9.80 Å². The van der Waals surface area contributed by atoms with Gasteiger partial charge in [-0.3, -0.25) is 0 Å². The smallest absolute Gasteiger partial charge is 0.0619 e. The molecule has 2 nitrogen and oxygen atoms in total. The second-order valence-electron chi connectivity index (χ2n) is 10.3. The predicted octanol–water partition coefficient (Wildman–Crippen LogP) is 11.8. The van der Waals surface area contributed by atoms with Crippen molar-refractivity contribution in [2.75, 3.05) is 9.80 Å². The van der Waals surface area contributed by atoms with Gasteiger partial charge < -0.3 is 9.80 Å². The highest BCUT2D eigenvalue weighted by Gasteiger charge is 2.25. The molecular formula is C39H29BrN2. The van der Waals surface area contributed by atoms with E-state index in [1.54, 1.807) is 0 Å². The molecule has 0 unspecified atom stereocenters.